The van der Waals surface area contributed by atoms with Crippen LogP contribution in [0.15, 0.2) is 58.3 Å². The molecular weight excluding hydrogens is 472 g/mol. The van der Waals surface area contributed by atoms with Crippen molar-refractivity contribution < 1.29 is 36.3 Å². The van der Waals surface area contributed by atoms with Crippen molar-refractivity contribution in [1.82, 2.24) is 9.79 Å². The molecule has 0 aromatic heterocycles. The first kappa shape index (κ1) is 25.1. The summed E-state index contributed by atoms with van der Waals surface area (Å²) in [6, 6.07) is 11.5. The van der Waals surface area contributed by atoms with Crippen LogP contribution in [0.1, 0.15) is 19.8 Å². The number of nitrogens with one attached hydrogen (secondary N) is 1. The van der Waals surface area contributed by atoms with Crippen LogP contribution in [-0.2, 0) is 29.4 Å². The van der Waals surface area contributed by atoms with Gasteiger partial charge in [0.2, 0.25) is 10.0 Å². The Kier molecular flexibility index (Phi) is 7.44. The van der Waals surface area contributed by atoms with E-state index in [0.717, 1.165) is 10.6 Å². The van der Waals surface area contributed by atoms with Crippen LogP contribution >= 0.6 is 0 Å². The molecule has 0 spiro atoms. The molecule has 180 valence electrons. The standard InChI is InChI=1S/C21H26N2O8S2/c1-3-23(21(20(24)22-25)12-14-30-15-13-21)33(28,29)19-10-6-17(7-11-19)31-16-4-8-18(9-5-16)32(2,26)27/h4-11,25H,3,12-15H2,1-2H3,(H,22,24). The third-order valence-corrected chi connectivity index (χ3v) is 8.69. The molecule has 0 bridgehead atoms. The van der Waals surface area contributed by atoms with E-state index in [-0.39, 0.29) is 42.4 Å². The van der Waals surface area contributed by atoms with E-state index < -0.39 is 31.3 Å². The number of hydroxylamine groups is 1. The summed E-state index contributed by atoms with van der Waals surface area (Å²) in [7, 11) is -7.42. The quantitative estimate of drug-likeness (QED) is 0.416. The molecule has 1 heterocycles. The van der Waals surface area contributed by atoms with Crippen molar-refractivity contribution >= 4 is 25.8 Å². The number of likely N-dealkylation sites (N-methyl/N-ethyl adjacent to an activating group) is 1. The lowest BCUT2D eigenvalue weighted by atomic mass is 9.89. The van der Waals surface area contributed by atoms with Crippen LogP contribution in [0.3, 0.4) is 0 Å². The van der Waals surface area contributed by atoms with Crippen LogP contribution < -0.4 is 10.2 Å². The number of carbonyl (C=O) groups excluding carboxylic acids is 1. The highest BCUT2D eigenvalue weighted by atomic mass is 32.2. The van der Waals surface area contributed by atoms with Gasteiger partial charge < -0.3 is 9.47 Å². The van der Waals surface area contributed by atoms with E-state index in [1.54, 1.807) is 12.4 Å². The lowest BCUT2D eigenvalue weighted by molar-refractivity contribution is -0.144. The number of ether oxygens (including phenoxy) is 2. The Bertz CT molecular complexity index is 1190. The maximum atomic E-state index is 13.4. The van der Waals surface area contributed by atoms with Gasteiger partial charge in [-0.1, -0.05) is 6.92 Å². The lowest BCUT2D eigenvalue weighted by Crippen LogP contribution is -2.62. The summed E-state index contributed by atoms with van der Waals surface area (Å²) in [6.07, 6.45) is 1.32. The molecule has 0 aliphatic carbocycles. The lowest BCUT2D eigenvalue weighted by Gasteiger charge is -2.42. The van der Waals surface area contributed by atoms with Crippen LogP contribution in [0.4, 0.5) is 0 Å². The van der Waals surface area contributed by atoms with Crippen molar-refractivity contribution in [2.24, 2.45) is 0 Å². The molecule has 33 heavy (non-hydrogen) atoms. The Morgan fingerprint density at radius 2 is 1.48 bits per heavy atom. The van der Waals surface area contributed by atoms with Gasteiger partial charge >= 0.3 is 0 Å². The molecule has 10 nitrogen and oxygen atoms in total. The average molecular weight is 499 g/mol. The molecule has 0 unspecified atom stereocenters. The largest absolute Gasteiger partial charge is 0.457 e. The Balaban J connectivity index is 1.85. The Labute approximate surface area is 193 Å². The number of sulfonamides is 1. The van der Waals surface area contributed by atoms with E-state index in [2.05, 4.69) is 0 Å². The number of hydrogen-bond acceptors (Lipinski definition) is 8. The van der Waals surface area contributed by atoms with Gasteiger partial charge in [-0.15, -0.1) is 0 Å². The topological polar surface area (TPSA) is 139 Å². The number of carbonyl (C=O) groups is 1. The van der Waals surface area contributed by atoms with E-state index in [1.165, 1.54) is 48.5 Å². The Hall–Kier alpha value is -2.51. The number of benzene rings is 2. The fourth-order valence-electron chi connectivity index (χ4n) is 3.80. The highest BCUT2D eigenvalue weighted by Crippen LogP contribution is 2.34. The van der Waals surface area contributed by atoms with Crippen molar-refractivity contribution in [3.05, 3.63) is 48.5 Å². The van der Waals surface area contributed by atoms with Crippen LogP contribution in [0.25, 0.3) is 0 Å². The van der Waals surface area contributed by atoms with Gasteiger partial charge in [-0.05, 0) is 61.4 Å². The van der Waals surface area contributed by atoms with Crippen molar-refractivity contribution in [3.8, 4) is 11.5 Å². The second-order valence-corrected chi connectivity index (χ2v) is 11.4. The Morgan fingerprint density at radius 1 is 1.00 bits per heavy atom. The summed E-state index contributed by atoms with van der Waals surface area (Å²) >= 11 is 0. The maximum absolute atomic E-state index is 13.4. The highest BCUT2D eigenvalue weighted by Gasteiger charge is 2.50. The molecule has 2 N–H and O–H groups in total. The fraction of sp³-hybridized carbons (Fsp3) is 0.381. The molecule has 1 aliphatic rings. The predicted molar refractivity (Wildman–Crippen MR) is 118 cm³/mol. The minimum atomic E-state index is -4.09. The molecule has 0 atom stereocenters. The zero-order valence-electron chi connectivity index (χ0n) is 18.2. The van der Waals surface area contributed by atoms with Crippen molar-refractivity contribution in [2.45, 2.75) is 35.1 Å². The monoisotopic (exact) mass is 498 g/mol. The summed E-state index contributed by atoms with van der Waals surface area (Å²) < 4.78 is 62.0. The second-order valence-electron chi connectivity index (χ2n) is 7.57. The van der Waals surface area contributed by atoms with Crippen molar-refractivity contribution in [1.29, 1.82) is 0 Å². The number of sulfone groups is 1. The van der Waals surface area contributed by atoms with Gasteiger partial charge in [0.25, 0.3) is 5.91 Å². The number of amides is 1. The summed E-state index contributed by atoms with van der Waals surface area (Å²) in [5.41, 5.74) is 0.144. The summed E-state index contributed by atoms with van der Waals surface area (Å²) in [6.45, 7) is 2.01. The summed E-state index contributed by atoms with van der Waals surface area (Å²) in [5, 5.41) is 9.26. The first-order valence-corrected chi connectivity index (χ1v) is 13.5. The average Bonchev–Trinajstić information content (AvgIpc) is 2.79. The van der Waals surface area contributed by atoms with Gasteiger partial charge in [-0.3, -0.25) is 10.0 Å². The zero-order chi connectivity index (χ0) is 24.3. The molecule has 1 amide bonds. The smallest absolute Gasteiger partial charge is 0.265 e. The summed E-state index contributed by atoms with van der Waals surface area (Å²) in [5.74, 6) is -0.0688. The van der Waals surface area contributed by atoms with E-state index in [9.17, 15) is 26.8 Å². The van der Waals surface area contributed by atoms with Gasteiger partial charge in [-0.25, -0.2) is 22.3 Å². The Morgan fingerprint density at radius 3 is 1.91 bits per heavy atom. The molecular formula is C21H26N2O8S2. The molecule has 0 radical (unpaired) electrons. The van der Waals surface area contributed by atoms with E-state index >= 15 is 0 Å². The molecule has 1 fully saturated rings. The zero-order valence-corrected chi connectivity index (χ0v) is 19.9. The molecule has 1 saturated heterocycles. The number of nitrogens with zero attached hydrogens (tertiary/aromatic N) is 1. The predicted octanol–water partition coefficient (Wildman–Crippen LogP) is 1.95. The van der Waals surface area contributed by atoms with Gasteiger partial charge in [0.05, 0.1) is 9.79 Å². The third-order valence-electron chi connectivity index (χ3n) is 5.51. The molecule has 1 aliphatic heterocycles. The summed E-state index contributed by atoms with van der Waals surface area (Å²) in [4.78, 5) is 12.6. The molecule has 12 heteroatoms. The van der Waals surface area contributed by atoms with Crippen LogP contribution in [0, 0.1) is 0 Å². The first-order valence-electron chi connectivity index (χ1n) is 10.2. The fourth-order valence-corrected chi connectivity index (χ4v) is 6.23. The first-order chi connectivity index (χ1) is 15.5. The van der Waals surface area contributed by atoms with Crippen LogP contribution in [-0.4, -0.2) is 63.8 Å². The van der Waals surface area contributed by atoms with E-state index in [4.69, 9.17) is 9.47 Å². The van der Waals surface area contributed by atoms with E-state index in [0.29, 0.717) is 11.5 Å². The SMILES string of the molecule is CCN(C1(C(=O)NO)CCOCC1)S(=O)(=O)c1ccc(Oc2ccc(S(C)(=O)=O)cc2)cc1. The van der Waals surface area contributed by atoms with Gasteiger partial charge in [0.1, 0.15) is 17.0 Å². The van der Waals surface area contributed by atoms with Crippen LogP contribution in [0.5, 0.6) is 11.5 Å². The highest BCUT2D eigenvalue weighted by molar-refractivity contribution is 7.90. The van der Waals surface area contributed by atoms with E-state index in [1.807, 2.05) is 0 Å². The minimum absolute atomic E-state index is 0.0146. The van der Waals surface area contributed by atoms with Gasteiger partial charge in [-0.2, -0.15) is 4.31 Å². The van der Waals surface area contributed by atoms with Crippen molar-refractivity contribution in [3.63, 3.8) is 0 Å². The third kappa shape index (κ3) is 5.20. The molecule has 0 saturated carbocycles. The van der Waals surface area contributed by atoms with Gasteiger partial charge in [0.15, 0.2) is 9.84 Å². The normalized spacial score (nSPS) is 16.4. The van der Waals surface area contributed by atoms with Crippen LogP contribution in [0.2, 0.25) is 0 Å². The second kappa shape index (κ2) is 9.77. The molecule has 2 aromatic rings. The number of rotatable bonds is 8. The van der Waals surface area contributed by atoms with Gasteiger partial charge in [0, 0.05) is 26.0 Å². The number of hydrogen-bond donors (Lipinski definition) is 2. The van der Waals surface area contributed by atoms with Crippen molar-refractivity contribution in [2.75, 3.05) is 26.0 Å². The minimum Gasteiger partial charge on any atom is -0.457 e. The molecule has 2 aromatic carbocycles. The molecule has 3 rings (SSSR count). The maximum Gasteiger partial charge on any atom is 0.265 e.